The van der Waals surface area contributed by atoms with Crippen molar-refractivity contribution in [2.24, 2.45) is 0 Å². The van der Waals surface area contributed by atoms with Gasteiger partial charge in [0.05, 0.1) is 10.5 Å². The van der Waals surface area contributed by atoms with Crippen LogP contribution in [0.4, 0.5) is 5.69 Å². The predicted molar refractivity (Wildman–Crippen MR) is 109 cm³/mol. The Morgan fingerprint density at radius 3 is 2.34 bits per heavy atom. The van der Waals surface area contributed by atoms with Crippen LogP contribution in [0, 0.1) is 0 Å². The zero-order chi connectivity index (χ0) is 20.9. The fourth-order valence-corrected chi connectivity index (χ4v) is 4.71. The predicted octanol–water partition coefficient (Wildman–Crippen LogP) is 2.83. The highest BCUT2D eigenvalue weighted by Gasteiger charge is 2.27. The lowest BCUT2D eigenvalue weighted by atomic mass is 10.1. The van der Waals surface area contributed by atoms with E-state index in [9.17, 15) is 18.0 Å². The van der Waals surface area contributed by atoms with Gasteiger partial charge in [0.15, 0.2) is 6.61 Å². The molecular weight excluding hydrogens is 392 g/mol. The third-order valence-electron chi connectivity index (χ3n) is 4.80. The minimum Gasteiger partial charge on any atom is -0.452 e. The van der Waals surface area contributed by atoms with E-state index in [1.165, 1.54) is 28.6 Å². The third kappa shape index (κ3) is 5.02. The summed E-state index contributed by atoms with van der Waals surface area (Å²) in [5.74, 6) is -1.12. The van der Waals surface area contributed by atoms with Gasteiger partial charge in [0.2, 0.25) is 10.0 Å². The molecule has 2 aromatic carbocycles. The first-order valence-electron chi connectivity index (χ1n) is 9.57. The van der Waals surface area contributed by atoms with Gasteiger partial charge in [-0.15, -0.1) is 0 Å². The molecule has 0 aromatic heterocycles. The lowest BCUT2D eigenvalue weighted by Gasteiger charge is -2.15. The molecule has 8 heteroatoms. The van der Waals surface area contributed by atoms with Crippen LogP contribution in [0.15, 0.2) is 53.4 Å². The Balaban J connectivity index is 1.57. The van der Waals surface area contributed by atoms with Crippen LogP contribution in [0.3, 0.4) is 0 Å². The smallest absolute Gasteiger partial charge is 0.338 e. The number of carbonyl (C=O) groups excluding carboxylic acids is 2. The minimum absolute atomic E-state index is 0.143. The summed E-state index contributed by atoms with van der Waals surface area (Å²) in [7, 11) is -3.53. The summed E-state index contributed by atoms with van der Waals surface area (Å²) in [5, 5.41) is 2.73. The molecule has 2 aromatic rings. The Hall–Kier alpha value is -2.71. The van der Waals surface area contributed by atoms with Crippen molar-refractivity contribution in [1.82, 2.24) is 4.31 Å². The van der Waals surface area contributed by atoms with Crippen molar-refractivity contribution in [3.8, 4) is 0 Å². The Morgan fingerprint density at radius 1 is 1.03 bits per heavy atom. The van der Waals surface area contributed by atoms with Crippen LogP contribution in [0.5, 0.6) is 0 Å². The molecule has 29 heavy (non-hydrogen) atoms. The fourth-order valence-electron chi connectivity index (χ4n) is 3.19. The van der Waals surface area contributed by atoms with E-state index < -0.39 is 28.5 Å². The summed E-state index contributed by atoms with van der Waals surface area (Å²) in [4.78, 5) is 24.4. The largest absolute Gasteiger partial charge is 0.452 e. The fraction of sp³-hybridized carbons (Fsp3) is 0.333. The van der Waals surface area contributed by atoms with E-state index in [1.54, 1.807) is 6.07 Å². The minimum atomic E-state index is -3.53. The van der Waals surface area contributed by atoms with Crippen molar-refractivity contribution in [2.45, 2.75) is 31.1 Å². The lowest BCUT2D eigenvalue weighted by Crippen LogP contribution is -2.27. The Labute approximate surface area is 170 Å². The SMILES string of the molecule is CCc1ccccc1NC(=O)COC(=O)c1ccc(S(=O)(=O)N2CCCC2)cc1. The number of hydrogen-bond donors (Lipinski definition) is 1. The van der Waals surface area contributed by atoms with E-state index in [0.717, 1.165) is 24.8 Å². The molecule has 0 bridgehead atoms. The number of nitrogens with zero attached hydrogens (tertiary/aromatic N) is 1. The summed E-state index contributed by atoms with van der Waals surface area (Å²) >= 11 is 0. The summed E-state index contributed by atoms with van der Waals surface area (Å²) in [6.07, 6.45) is 2.48. The number of sulfonamides is 1. The molecule has 1 N–H and O–H groups in total. The Morgan fingerprint density at radius 2 is 1.69 bits per heavy atom. The van der Waals surface area contributed by atoms with Crippen LogP contribution in [-0.2, 0) is 26.0 Å². The molecule has 154 valence electrons. The number of amides is 1. The van der Waals surface area contributed by atoms with Gasteiger partial charge in [0, 0.05) is 18.8 Å². The number of anilines is 1. The van der Waals surface area contributed by atoms with Gasteiger partial charge in [-0.2, -0.15) is 4.31 Å². The van der Waals surface area contributed by atoms with Gasteiger partial charge in [-0.25, -0.2) is 13.2 Å². The number of nitrogens with one attached hydrogen (secondary N) is 1. The van der Waals surface area contributed by atoms with Crippen LogP contribution in [0.2, 0.25) is 0 Å². The van der Waals surface area contributed by atoms with Gasteiger partial charge >= 0.3 is 5.97 Å². The summed E-state index contributed by atoms with van der Waals surface area (Å²) < 4.78 is 31.5. The second-order valence-corrected chi connectivity index (χ2v) is 8.71. The normalized spacial score (nSPS) is 14.5. The first-order valence-corrected chi connectivity index (χ1v) is 11.0. The number of esters is 1. The highest BCUT2D eigenvalue weighted by molar-refractivity contribution is 7.89. The van der Waals surface area contributed by atoms with E-state index in [2.05, 4.69) is 5.32 Å². The maximum Gasteiger partial charge on any atom is 0.338 e. The molecular formula is C21H24N2O5S. The monoisotopic (exact) mass is 416 g/mol. The molecule has 1 heterocycles. The molecule has 7 nitrogen and oxygen atoms in total. The summed E-state index contributed by atoms with van der Waals surface area (Å²) in [6, 6.07) is 13.0. The topological polar surface area (TPSA) is 92.8 Å². The van der Waals surface area contributed by atoms with Gasteiger partial charge in [-0.1, -0.05) is 25.1 Å². The van der Waals surface area contributed by atoms with Gasteiger partial charge in [0.1, 0.15) is 0 Å². The van der Waals surface area contributed by atoms with Crippen LogP contribution in [0.25, 0.3) is 0 Å². The van der Waals surface area contributed by atoms with Crippen molar-refractivity contribution in [3.63, 3.8) is 0 Å². The van der Waals surface area contributed by atoms with Gasteiger partial charge in [-0.3, -0.25) is 4.79 Å². The molecule has 0 radical (unpaired) electrons. The molecule has 0 unspecified atom stereocenters. The molecule has 0 aliphatic carbocycles. The highest BCUT2D eigenvalue weighted by atomic mass is 32.2. The molecule has 1 amide bonds. The van der Waals surface area contributed by atoms with Crippen LogP contribution in [0.1, 0.15) is 35.7 Å². The van der Waals surface area contributed by atoms with Crippen molar-refractivity contribution < 1.29 is 22.7 Å². The molecule has 1 fully saturated rings. The van der Waals surface area contributed by atoms with Crippen LogP contribution < -0.4 is 5.32 Å². The van der Waals surface area contributed by atoms with E-state index in [0.29, 0.717) is 18.8 Å². The maximum atomic E-state index is 12.5. The molecule has 0 atom stereocenters. The number of para-hydroxylation sites is 1. The maximum absolute atomic E-state index is 12.5. The van der Waals surface area contributed by atoms with Gasteiger partial charge in [0.25, 0.3) is 5.91 Å². The molecule has 0 spiro atoms. The van der Waals surface area contributed by atoms with Crippen molar-refractivity contribution in [1.29, 1.82) is 0 Å². The second kappa shape index (κ2) is 9.19. The average molecular weight is 416 g/mol. The zero-order valence-electron chi connectivity index (χ0n) is 16.3. The van der Waals surface area contributed by atoms with E-state index in [4.69, 9.17) is 4.74 Å². The van der Waals surface area contributed by atoms with Crippen LogP contribution in [-0.4, -0.2) is 44.3 Å². The standard InChI is InChI=1S/C21H24N2O5S/c1-2-16-7-3-4-8-19(16)22-20(24)15-28-21(25)17-9-11-18(12-10-17)29(26,27)23-13-5-6-14-23/h3-4,7-12H,2,5-6,13-15H2,1H3,(H,22,24). The van der Waals surface area contributed by atoms with Crippen molar-refractivity contribution in [2.75, 3.05) is 25.0 Å². The molecule has 3 rings (SSSR count). The molecule has 0 saturated carbocycles. The second-order valence-electron chi connectivity index (χ2n) is 6.77. The van der Waals surface area contributed by atoms with Crippen molar-refractivity contribution >= 4 is 27.6 Å². The molecule has 1 aliphatic rings. The van der Waals surface area contributed by atoms with E-state index >= 15 is 0 Å². The van der Waals surface area contributed by atoms with Crippen LogP contribution >= 0.6 is 0 Å². The first kappa shape index (κ1) is 21.0. The van der Waals surface area contributed by atoms with E-state index in [1.807, 2.05) is 25.1 Å². The third-order valence-corrected chi connectivity index (χ3v) is 6.71. The Bertz CT molecular complexity index is 980. The zero-order valence-corrected chi connectivity index (χ0v) is 17.1. The van der Waals surface area contributed by atoms with Crippen molar-refractivity contribution in [3.05, 3.63) is 59.7 Å². The highest BCUT2D eigenvalue weighted by Crippen LogP contribution is 2.21. The number of benzene rings is 2. The lowest BCUT2D eigenvalue weighted by molar-refractivity contribution is -0.119. The Kier molecular flexibility index (Phi) is 6.66. The molecule has 1 saturated heterocycles. The number of carbonyl (C=O) groups is 2. The first-order chi connectivity index (χ1) is 13.9. The number of aryl methyl sites for hydroxylation is 1. The average Bonchev–Trinajstić information content (AvgIpc) is 3.28. The number of ether oxygens (including phenoxy) is 1. The summed E-state index contributed by atoms with van der Waals surface area (Å²) in [6.45, 7) is 2.59. The van der Waals surface area contributed by atoms with E-state index in [-0.39, 0.29) is 10.5 Å². The quantitative estimate of drug-likeness (QED) is 0.701. The number of rotatable bonds is 7. The van der Waals surface area contributed by atoms with Gasteiger partial charge in [-0.05, 0) is 55.2 Å². The molecule has 1 aliphatic heterocycles. The van der Waals surface area contributed by atoms with Gasteiger partial charge < -0.3 is 10.1 Å². The summed E-state index contributed by atoms with van der Waals surface area (Å²) in [5.41, 5.74) is 1.86. The number of hydrogen-bond acceptors (Lipinski definition) is 5.